The Bertz CT molecular complexity index is 1230. The molecule has 38 heavy (non-hydrogen) atoms. The lowest BCUT2D eigenvalue weighted by molar-refractivity contribution is 0.0259. The number of aromatic nitrogens is 2. The highest BCUT2D eigenvalue weighted by Gasteiger charge is 2.17. The molecule has 202 valence electrons. The molecule has 1 aliphatic rings. The van der Waals surface area contributed by atoms with E-state index in [4.69, 9.17) is 19.9 Å². The molecule has 1 aliphatic heterocycles. The quantitative estimate of drug-likeness (QED) is 0.256. The van der Waals surface area contributed by atoms with E-state index in [1.807, 2.05) is 38.4 Å². The number of rotatable bonds is 11. The zero-order chi connectivity index (χ0) is 26.9. The van der Waals surface area contributed by atoms with Crippen molar-refractivity contribution in [3.8, 4) is 22.8 Å². The van der Waals surface area contributed by atoms with Gasteiger partial charge >= 0.3 is 0 Å². The van der Waals surface area contributed by atoms with Crippen LogP contribution in [0.2, 0.25) is 0 Å². The number of nitrogens with zero attached hydrogens (tertiary/aromatic N) is 3. The third-order valence-electron chi connectivity index (χ3n) is 6.19. The maximum absolute atomic E-state index is 12.6. The zero-order valence-electron chi connectivity index (χ0n) is 22.2. The van der Waals surface area contributed by atoms with Gasteiger partial charge in [-0.3, -0.25) is 4.79 Å². The van der Waals surface area contributed by atoms with Crippen LogP contribution in [0.4, 0.5) is 17.3 Å². The van der Waals surface area contributed by atoms with E-state index in [1.54, 1.807) is 31.5 Å². The molecule has 1 fully saturated rings. The van der Waals surface area contributed by atoms with Crippen LogP contribution in [0.5, 0.6) is 11.5 Å². The highest BCUT2D eigenvalue weighted by atomic mass is 16.5. The molecule has 0 radical (unpaired) electrons. The number of amides is 1. The van der Waals surface area contributed by atoms with Crippen LogP contribution < -0.4 is 25.8 Å². The summed E-state index contributed by atoms with van der Waals surface area (Å²) in [5.74, 6) is 1.37. The molecule has 4 N–H and O–H groups in total. The van der Waals surface area contributed by atoms with Crippen molar-refractivity contribution in [3.63, 3.8) is 0 Å². The Morgan fingerprint density at radius 3 is 2.68 bits per heavy atom. The predicted octanol–water partition coefficient (Wildman–Crippen LogP) is 3.72. The number of nitrogens with one attached hydrogen (secondary N) is 2. The van der Waals surface area contributed by atoms with Gasteiger partial charge in [0.05, 0.1) is 37.3 Å². The zero-order valence-corrected chi connectivity index (χ0v) is 22.2. The number of hydrogen-bond acceptors (Lipinski definition) is 9. The Morgan fingerprint density at radius 1 is 1.13 bits per heavy atom. The molecule has 0 spiro atoms. The van der Waals surface area contributed by atoms with Gasteiger partial charge in [-0.05, 0) is 63.5 Å². The molecule has 1 aromatic heterocycles. The summed E-state index contributed by atoms with van der Waals surface area (Å²) in [6.45, 7) is 2.91. The molecule has 4 rings (SSSR count). The number of benzene rings is 2. The first-order valence-electron chi connectivity index (χ1n) is 12.8. The van der Waals surface area contributed by atoms with Gasteiger partial charge in [-0.15, -0.1) is 0 Å². The number of carbonyl (C=O) groups is 1. The Hall–Kier alpha value is -3.89. The summed E-state index contributed by atoms with van der Waals surface area (Å²) in [5, 5.41) is 6.13. The average Bonchev–Trinajstić information content (AvgIpc) is 2.92. The maximum atomic E-state index is 12.6. The second kappa shape index (κ2) is 13.1. The second-order valence-corrected chi connectivity index (χ2v) is 9.40. The van der Waals surface area contributed by atoms with Crippen LogP contribution in [-0.4, -0.2) is 74.4 Å². The van der Waals surface area contributed by atoms with Gasteiger partial charge < -0.3 is 35.5 Å². The summed E-state index contributed by atoms with van der Waals surface area (Å²) in [4.78, 5) is 23.7. The topological polar surface area (TPSA) is 124 Å². The van der Waals surface area contributed by atoms with Gasteiger partial charge in [-0.2, -0.15) is 0 Å². The second-order valence-electron chi connectivity index (χ2n) is 9.40. The predicted molar refractivity (Wildman–Crippen MR) is 148 cm³/mol. The maximum Gasteiger partial charge on any atom is 0.255 e. The van der Waals surface area contributed by atoms with Crippen LogP contribution in [-0.2, 0) is 4.74 Å². The minimum atomic E-state index is -0.174. The van der Waals surface area contributed by atoms with E-state index in [0.29, 0.717) is 59.8 Å². The van der Waals surface area contributed by atoms with Gasteiger partial charge in [0, 0.05) is 42.9 Å². The van der Waals surface area contributed by atoms with Crippen molar-refractivity contribution in [1.82, 2.24) is 20.2 Å². The fourth-order valence-corrected chi connectivity index (χ4v) is 4.15. The fourth-order valence-electron chi connectivity index (χ4n) is 4.15. The molecule has 10 nitrogen and oxygen atoms in total. The van der Waals surface area contributed by atoms with E-state index in [-0.39, 0.29) is 12.0 Å². The number of nitrogens with two attached hydrogens (primary N) is 1. The van der Waals surface area contributed by atoms with E-state index in [1.165, 1.54) is 0 Å². The summed E-state index contributed by atoms with van der Waals surface area (Å²) >= 11 is 0. The van der Waals surface area contributed by atoms with Gasteiger partial charge in [-0.25, -0.2) is 9.97 Å². The molecule has 3 aromatic rings. The van der Waals surface area contributed by atoms with Gasteiger partial charge in [0.15, 0.2) is 0 Å². The van der Waals surface area contributed by atoms with Crippen LogP contribution in [0.25, 0.3) is 11.3 Å². The molecule has 0 aliphatic carbocycles. The number of nitrogen functional groups attached to an aromatic ring is 1. The smallest absolute Gasteiger partial charge is 0.255 e. The Kier molecular flexibility index (Phi) is 9.34. The minimum absolute atomic E-state index is 0.115. The van der Waals surface area contributed by atoms with E-state index >= 15 is 0 Å². The van der Waals surface area contributed by atoms with Crippen LogP contribution >= 0.6 is 0 Å². The molecule has 0 bridgehead atoms. The Morgan fingerprint density at radius 2 is 1.95 bits per heavy atom. The summed E-state index contributed by atoms with van der Waals surface area (Å²) in [5.41, 5.74) is 9.59. The van der Waals surface area contributed by atoms with Gasteiger partial charge in [0.1, 0.15) is 17.6 Å². The first kappa shape index (κ1) is 27.2. The van der Waals surface area contributed by atoms with Crippen molar-refractivity contribution in [1.29, 1.82) is 0 Å². The molecular weight excluding hydrogens is 484 g/mol. The first-order chi connectivity index (χ1) is 18.4. The van der Waals surface area contributed by atoms with Gasteiger partial charge in [-0.1, -0.05) is 0 Å². The summed E-state index contributed by atoms with van der Waals surface area (Å²) in [7, 11) is 5.55. The van der Waals surface area contributed by atoms with E-state index in [9.17, 15) is 4.79 Å². The molecule has 10 heteroatoms. The van der Waals surface area contributed by atoms with Gasteiger partial charge in [0.25, 0.3) is 5.91 Å². The number of carbonyl (C=O) groups excluding carboxylic acids is 1. The van der Waals surface area contributed by atoms with Crippen molar-refractivity contribution in [2.75, 3.05) is 58.6 Å². The van der Waals surface area contributed by atoms with Crippen LogP contribution in [0.1, 0.15) is 29.6 Å². The number of methoxy groups -OCH3 is 1. The highest BCUT2D eigenvalue weighted by Crippen LogP contribution is 2.30. The SMILES string of the molecule is COc1cc(Nc2nccc(-c3ccc(OC4CCOCC4)c(N)c3)n2)ccc1C(=O)NCCCN(C)C. The molecule has 0 saturated carbocycles. The van der Waals surface area contributed by atoms with Gasteiger partial charge in [0.2, 0.25) is 5.95 Å². The molecule has 0 unspecified atom stereocenters. The summed E-state index contributed by atoms with van der Waals surface area (Å²) in [6.07, 6.45) is 4.38. The van der Waals surface area contributed by atoms with Crippen molar-refractivity contribution >= 4 is 23.2 Å². The lowest BCUT2D eigenvalue weighted by atomic mass is 10.1. The first-order valence-corrected chi connectivity index (χ1v) is 12.8. The summed E-state index contributed by atoms with van der Waals surface area (Å²) < 4.78 is 16.9. The molecule has 1 amide bonds. The summed E-state index contributed by atoms with van der Waals surface area (Å²) in [6, 6.07) is 12.8. The Labute approximate surface area is 223 Å². The highest BCUT2D eigenvalue weighted by molar-refractivity contribution is 5.97. The van der Waals surface area contributed by atoms with E-state index in [2.05, 4.69) is 25.5 Å². The average molecular weight is 521 g/mol. The minimum Gasteiger partial charge on any atom is -0.496 e. The molecular formula is C28H36N6O4. The monoisotopic (exact) mass is 520 g/mol. The lowest BCUT2D eigenvalue weighted by Crippen LogP contribution is -2.27. The van der Waals surface area contributed by atoms with Crippen molar-refractivity contribution in [2.24, 2.45) is 0 Å². The fraction of sp³-hybridized carbons (Fsp3) is 0.393. The third-order valence-corrected chi connectivity index (χ3v) is 6.19. The van der Waals surface area contributed by atoms with Crippen molar-refractivity contribution < 1.29 is 19.0 Å². The number of anilines is 3. The largest absolute Gasteiger partial charge is 0.496 e. The third kappa shape index (κ3) is 7.33. The molecule has 2 heterocycles. The van der Waals surface area contributed by atoms with Crippen LogP contribution in [0.3, 0.4) is 0 Å². The van der Waals surface area contributed by atoms with Crippen molar-refractivity contribution in [3.05, 3.63) is 54.2 Å². The van der Waals surface area contributed by atoms with E-state index in [0.717, 1.165) is 31.4 Å². The molecule has 1 saturated heterocycles. The van der Waals surface area contributed by atoms with E-state index < -0.39 is 0 Å². The van der Waals surface area contributed by atoms with Crippen LogP contribution in [0, 0.1) is 0 Å². The normalized spacial score (nSPS) is 13.8. The number of hydrogen-bond donors (Lipinski definition) is 3. The molecule has 2 aromatic carbocycles. The lowest BCUT2D eigenvalue weighted by Gasteiger charge is -2.24. The van der Waals surface area contributed by atoms with Crippen molar-refractivity contribution in [2.45, 2.75) is 25.4 Å². The Balaban J connectivity index is 1.42. The number of ether oxygens (including phenoxy) is 3. The molecule has 0 atom stereocenters. The van der Waals surface area contributed by atoms with Crippen LogP contribution in [0.15, 0.2) is 48.7 Å². The standard InChI is InChI=1S/C28H36N6O4/c1-34(2)14-4-12-30-27(35)22-7-6-20(18-26(22)36-3)32-28-31-13-9-24(33-28)19-5-8-25(23(29)17-19)38-21-10-15-37-16-11-21/h5-9,13,17-18,21H,4,10-12,14-16,29H2,1-3H3,(H,30,35)(H,31,32,33).